The number of carbonyl (C=O) groups is 1. The van der Waals surface area contributed by atoms with Crippen molar-refractivity contribution in [2.24, 2.45) is 27.6 Å². The second-order valence-corrected chi connectivity index (χ2v) is 8.76. The molecule has 5 nitrogen and oxygen atoms in total. The van der Waals surface area contributed by atoms with Gasteiger partial charge in [0.15, 0.2) is 0 Å². The van der Waals surface area contributed by atoms with Crippen molar-refractivity contribution in [3.8, 4) is 12.3 Å². The summed E-state index contributed by atoms with van der Waals surface area (Å²) in [6.07, 6.45) is 19.2. The molecule has 0 spiro atoms. The van der Waals surface area contributed by atoms with Gasteiger partial charge in [-0.2, -0.15) is 0 Å². The Bertz CT molecular complexity index is 1400. The fraction of sp³-hybridized carbons (Fsp3) is 0.207. The maximum Gasteiger partial charge on any atom is 0.248 e. The van der Waals surface area contributed by atoms with Crippen LogP contribution in [0, 0.1) is 24.2 Å². The molecular weight excluding hydrogens is 420 g/mol. The number of aliphatic imine (C=N–C) groups is 2. The second kappa shape index (κ2) is 10.2. The molecule has 2 aliphatic heterocycles. The molecule has 0 radical (unpaired) electrons. The predicted molar refractivity (Wildman–Crippen MR) is 142 cm³/mol. The summed E-state index contributed by atoms with van der Waals surface area (Å²) in [6.45, 7) is 4.27. The first-order valence-electron chi connectivity index (χ1n) is 11.4. The molecule has 0 bridgehead atoms. The van der Waals surface area contributed by atoms with Gasteiger partial charge in [-0.1, -0.05) is 44.1 Å². The summed E-state index contributed by atoms with van der Waals surface area (Å²) in [5.74, 6) is 3.49. The standard InChI is InChI=1S/C29H28N4O/c1-4-21-8-10-22-9-7-20(3)29(32-18-26(22)13-21)33-27-15-23(14-24(16-27)28(30)34)25-12-19(2)6-5-11-31-17-25/h1,5,8-20H,6-7H2,2-3H3,(H2,30,34)(H,32,33)/b11-5+,22-9-,25-12?,26-18-,31-17?. The van der Waals surface area contributed by atoms with Crippen molar-refractivity contribution in [2.45, 2.75) is 26.7 Å². The molecule has 170 valence electrons. The first-order chi connectivity index (χ1) is 16.4. The van der Waals surface area contributed by atoms with E-state index < -0.39 is 5.91 Å². The summed E-state index contributed by atoms with van der Waals surface area (Å²) >= 11 is 0. The highest BCUT2D eigenvalue weighted by Gasteiger charge is 2.14. The molecule has 5 heteroatoms. The average Bonchev–Trinajstić information content (AvgIpc) is 2.81. The van der Waals surface area contributed by atoms with Crippen LogP contribution in [0.2, 0.25) is 0 Å². The maximum atomic E-state index is 12.1. The molecule has 3 N–H and O–H groups in total. The van der Waals surface area contributed by atoms with Crippen LogP contribution in [0.15, 0.2) is 64.7 Å². The van der Waals surface area contributed by atoms with Crippen LogP contribution >= 0.6 is 0 Å². The number of allylic oxidation sites excluding steroid dienone is 3. The molecule has 0 fully saturated rings. The van der Waals surface area contributed by atoms with E-state index in [4.69, 9.17) is 17.1 Å². The van der Waals surface area contributed by atoms with Crippen LogP contribution in [0.5, 0.6) is 0 Å². The number of anilines is 1. The Labute approximate surface area is 200 Å². The number of benzene rings is 2. The molecule has 0 saturated heterocycles. The molecule has 34 heavy (non-hydrogen) atoms. The second-order valence-electron chi connectivity index (χ2n) is 8.76. The minimum Gasteiger partial charge on any atom is -0.366 e. The van der Waals surface area contributed by atoms with Gasteiger partial charge in [-0.05, 0) is 65.4 Å². The molecular formula is C29H28N4O. The van der Waals surface area contributed by atoms with Gasteiger partial charge >= 0.3 is 0 Å². The van der Waals surface area contributed by atoms with E-state index in [0.29, 0.717) is 11.5 Å². The Morgan fingerprint density at radius 3 is 2.79 bits per heavy atom. The van der Waals surface area contributed by atoms with E-state index in [0.717, 1.165) is 51.5 Å². The molecule has 2 aliphatic rings. The van der Waals surface area contributed by atoms with Crippen molar-refractivity contribution in [3.05, 3.63) is 81.9 Å². The zero-order chi connectivity index (χ0) is 24.1. The molecule has 0 aromatic heterocycles. The van der Waals surface area contributed by atoms with Crippen LogP contribution in [0.1, 0.15) is 48.2 Å². The van der Waals surface area contributed by atoms with Crippen LogP contribution in [-0.2, 0) is 0 Å². The summed E-state index contributed by atoms with van der Waals surface area (Å²) in [5.41, 5.74) is 9.49. The largest absolute Gasteiger partial charge is 0.366 e. The number of fused-ring (bicyclic) bond motifs is 1. The molecule has 2 atom stereocenters. The van der Waals surface area contributed by atoms with Crippen LogP contribution < -0.4 is 21.5 Å². The van der Waals surface area contributed by atoms with Gasteiger partial charge in [0.2, 0.25) is 5.91 Å². The van der Waals surface area contributed by atoms with E-state index in [2.05, 4.69) is 42.2 Å². The number of hydrogen-bond acceptors (Lipinski definition) is 4. The molecule has 2 unspecified atom stereocenters. The zero-order valence-electron chi connectivity index (χ0n) is 19.5. The number of nitrogens with zero attached hydrogens (tertiary/aromatic N) is 2. The van der Waals surface area contributed by atoms with E-state index >= 15 is 0 Å². The predicted octanol–water partition coefficient (Wildman–Crippen LogP) is 3.84. The van der Waals surface area contributed by atoms with Crippen LogP contribution in [0.25, 0.3) is 17.8 Å². The van der Waals surface area contributed by atoms with Crippen LogP contribution in [0.4, 0.5) is 5.69 Å². The number of rotatable bonds is 3. The number of carbonyl (C=O) groups excluding carboxylic acids is 1. The lowest BCUT2D eigenvalue weighted by Crippen LogP contribution is -2.29. The number of amides is 1. The van der Waals surface area contributed by atoms with E-state index in [9.17, 15) is 4.79 Å². The van der Waals surface area contributed by atoms with Gasteiger partial charge in [-0.3, -0.25) is 9.79 Å². The Kier molecular flexibility index (Phi) is 6.89. The lowest BCUT2D eigenvalue weighted by atomic mass is 9.96. The highest BCUT2D eigenvalue weighted by molar-refractivity contribution is 6.11. The molecule has 1 amide bonds. The summed E-state index contributed by atoms with van der Waals surface area (Å²) in [7, 11) is 0. The third-order valence-electron chi connectivity index (χ3n) is 5.95. The number of terminal acetylenes is 1. The van der Waals surface area contributed by atoms with Gasteiger partial charge in [0, 0.05) is 46.6 Å². The SMILES string of the molecule is C#Cc1ccc2/c(c1)=C\N=C(Nc1cc(C(N)=O)cc(C3=CC(C)C/C=C/N=C3)c1)C(C)C\C=2. The number of amidine groups is 1. The van der Waals surface area contributed by atoms with Gasteiger partial charge in [-0.25, -0.2) is 4.99 Å². The minimum atomic E-state index is -0.482. The van der Waals surface area contributed by atoms with Gasteiger partial charge in [0.05, 0.1) is 0 Å². The summed E-state index contributed by atoms with van der Waals surface area (Å²) in [6, 6.07) is 11.5. The number of nitrogens with two attached hydrogens (primary N) is 1. The third-order valence-corrected chi connectivity index (χ3v) is 5.95. The van der Waals surface area contributed by atoms with Crippen molar-refractivity contribution in [1.29, 1.82) is 0 Å². The zero-order valence-corrected chi connectivity index (χ0v) is 19.5. The lowest BCUT2D eigenvalue weighted by molar-refractivity contribution is 0.100. The number of primary amides is 1. The highest BCUT2D eigenvalue weighted by Crippen LogP contribution is 2.25. The van der Waals surface area contributed by atoms with Gasteiger partial charge in [0.1, 0.15) is 5.84 Å². The minimum absolute atomic E-state index is 0.143. The van der Waals surface area contributed by atoms with Crippen molar-refractivity contribution >= 4 is 41.5 Å². The molecule has 0 aliphatic carbocycles. The van der Waals surface area contributed by atoms with Gasteiger partial charge in [0.25, 0.3) is 0 Å². The first-order valence-corrected chi connectivity index (χ1v) is 11.4. The molecule has 2 heterocycles. The Hall–Kier alpha value is -4.17. The molecule has 2 aromatic rings. The normalized spacial score (nSPS) is 22.4. The Balaban J connectivity index is 1.75. The van der Waals surface area contributed by atoms with Crippen LogP contribution in [0.3, 0.4) is 0 Å². The number of nitrogens with one attached hydrogen (secondary N) is 1. The first kappa shape index (κ1) is 23.0. The fourth-order valence-electron chi connectivity index (χ4n) is 4.00. The molecule has 0 saturated carbocycles. The van der Waals surface area contributed by atoms with E-state index in [1.165, 1.54) is 0 Å². The third kappa shape index (κ3) is 5.41. The van der Waals surface area contributed by atoms with E-state index in [1.54, 1.807) is 12.3 Å². The Morgan fingerprint density at radius 1 is 1.15 bits per heavy atom. The molecule has 4 rings (SSSR count). The average molecular weight is 449 g/mol. The number of hydrogen-bond donors (Lipinski definition) is 2. The van der Waals surface area contributed by atoms with Gasteiger partial charge in [-0.15, -0.1) is 6.42 Å². The monoisotopic (exact) mass is 448 g/mol. The summed E-state index contributed by atoms with van der Waals surface area (Å²) in [5, 5.41) is 5.53. The van der Waals surface area contributed by atoms with Crippen molar-refractivity contribution in [1.82, 2.24) is 0 Å². The quantitative estimate of drug-likeness (QED) is 0.700. The van der Waals surface area contributed by atoms with Crippen molar-refractivity contribution in [3.63, 3.8) is 0 Å². The van der Waals surface area contributed by atoms with Crippen molar-refractivity contribution < 1.29 is 4.79 Å². The van der Waals surface area contributed by atoms with E-state index in [-0.39, 0.29) is 5.92 Å². The molecule has 2 aromatic carbocycles. The smallest absolute Gasteiger partial charge is 0.248 e. The van der Waals surface area contributed by atoms with Crippen LogP contribution in [-0.4, -0.2) is 18.0 Å². The van der Waals surface area contributed by atoms with Gasteiger partial charge < -0.3 is 11.1 Å². The lowest BCUT2D eigenvalue weighted by Gasteiger charge is -2.18. The fourth-order valence-corrected chi connectivity index (χ4v) is 4.00. The van der Waals surface area contributed by atoms with E-state index in [1.807, 2.05) is 48.8 Å². The topological polar surface area (TPSA) is 79.8 Å². The maximum absolute atomic E-state index is 12.1. The summed E-state index contributed by atoms with van der Waals surface area (Å²) in [4.78, 5) is 21.2. The highest BCUT2D eigenvalue weighted by atomic mass is 16.1. The Morgan fingerprint density at radius 2 is 2.00 bits per heavy atom. The van der Waals surface area contributed by atoms with Crippen molar-refractivity contribution in [2.75, 3.05) is 5.32 Å². The summed E-state index contributed by atoms with van der Waals surface area (Å²) < 4.78 is 0.